The molecule has 0 radical (unpaired) electrons. The first-order chi connectivity index (χ1) is 7.61. The summed E-state index contributed by atoms with van der Waals surface area (Å²) in [5.74, 6) is -0.227. The van der Waals surface area contributed by atoms with E-state index in [1.54, 1.807) is 12.2 Å². The minimum atomic E-state index is -0.527. The molecule has 1 heterocycles. The van der Waals surface area contributed by atoms with Crippen LogP contribution in [0.2, 0.25) is 0 Å². The highest BCUT2D eigenvalue weighted by Crippen LogP contribution is 2.13. The van der Waals surface area contributed by atoms with Crippen molar-refractivity contribution in [3.8, 4) is 0 Å². The number of carbonyl (C=O) groups is 1. The van der Waals surface area contributed by atoms with E-state index < -0.39 is 4.92 Å². The van der Waals surface area contributed by atoms with Gasteiger partial charge in [-0.05, 0) is 17.4 Å². The van der Waals surface area contributed by atoms with Crippen LogP contribution in [0.5, 0.6) is 0 Å². The zero-order chi connectivity index (χ0) is 12.0. The number of rotatable bonds is 5. The van der Waals surface area contributed by atoms with E-state index in [-0.39, 0.29) is 17.4 Å². The number of amides is 1. The van der Waals surface area contributed by atoms with E-state index in [4.69, 9.17) is 0 Å². The second kappa shape index (κ2) is 5.64. The molecule has 0 saturated carbocycles. The van der Waals surface area contributed by atoms with Crippen molar-refractivity contribution in [2.45, 2.75) is 13.3 Å². The Labute approximate surface area is 91.7 Å². The monoisotopic (exact) mass is 224 g/mol. The summed E-state index contributed by atoms with van der Waals surface area (Å²) >= 11 is 0. The molecule has 0 aliphatic heterocycles. The Morgan fingerprint density at radius 1 is 1.75 bits per heavy atom. The molecule has 2 N–H and O–H groups in total. The number of carbonyl (C=O) groups excluding carboxylic acids is 1. The van der Waals surface area contributed by atoms with Crippen LogP contribution in [-0.4, -0.2) is 27.3 Å². The Kier molecular flexibility index (Phi) is 4.19. The highest BCUT2D eigenvalue weighted by Gasteiger charge is 2.11. The molecule has 0 aromatic carbocycles. The van der Waals surface area contributed by atoms with E-state index in [1.165, 1.54) is 13.3 Å². The molecule has 0 unspecified atom stereocenters. The maximum absolute atomic E-state index is 10.5. The average molecular weight is 224 g/mol. The summed E-state index contributed by atoms with van der Waals surface area (Å²) in [7, 11) is 0. The standard InChI is InChI=1S/C9H12N4O3/c1-7(14)10-5-3-2-4-8-9(13(15)16)12-6-11-8/h2,4,6H,3,5H2,1H3,(H,10,14)(H,11,12). The molecule has 0 saturated heterocycles. The molecule has 0 aliphatic carbocycles. The van der Waals surface area contributed by atoms with Gasteiger partial charge in [0.1, 0.15) is 0 Å². The SMILES string of the molecule is CC(=O)NCCC=Cc1nc[nH]c1[N+](=O)[O-]. The second-order valence-corrected chi connectivity index (χ2v) is 3.07. The summed E-state index contributed by atoms with van der Waals surface area (Å²) in [5, 5.41) is 13.1. The van der Waals surface area contributed by atoms with Crippen LogP contribution < -0.4 is 5.32 Å². The van der Waals surface area contributed by atoms with E-state index in [0.717, 1.165) is 0 Å². The molecule has 1 rings (SSSR count). The van der Waals surface area contributed by atoms with Gasteiger partial charge in [-0.1, -0.05) is 6.08 Å². The maximum atomic E-state index is 10.5. The molecule has 0 fully saturated rings. The minimum Gasteiger partial charge on any atom is -0.358 e. The van der Waals surface area contributed by atoms with E-state index in [2.05, 4.69) is 15.3 Å². The average Bonchev–Trinajstić information content (AvgIpc) is 2.65. The normalized spacial score (nSPS) is 10.6. The van der Waals surface area contributed by atoms with Gasteiger partial charge in [-0.15, -0.1) is 0 Å². The molecule has 7 nitrogen and oxygen atoms in total. The van der Waals surface area contributed by atoms with Crippen molar-refractivity contribution in [1.82, 2.24) is 15.3 Å². The zero-order valence-corrected chi connectivity index (χ0v) is 8.77. The Hall–Kier alpha value is -2.18. The quantitative estimate of drug-likeness (QED) is 0.440. The molecule has 0 bridgehead atoms. The Bertz CT molecular complexity index is 411. The number of aromatic nitrogens is 2. The predicted octanol–water partition coefficient (Wildman–Crippen LogP) is 0.857. The Morgan fingerprint density at radius 3 is 3.12 bits per heavy atom. The van der Waals surface area contributed by atoms with Gasteiger partial charge < -0.3 is 15.4 Å². The third-order valence-electron chi connectivity index (χ3n) is 1.79. The van der Waals surface area contributed by atoms with Crippen molar-refractivity contribution in [2.24, 2.45) is 0 Å². The number of nitro groups is 1. The van der Waals surface area contributed by atoms with Crippen LogP contribution in [0.3, 0.4) is 0 Å². The van der Waals surface area contributed by atoms with Gasteiger partial charge in [0.25, 0.3) is 0 Å². The van der Waals surface area contributed by atoms with E-state index in [0.29, 0.717) is 13.0 Å². The molecular formula is C9H12N4O3. The number of nitrogens with zero attached hydrogens (tertiary/aromatic N) is 2. The summed E-state index contributed by atoms with van der Waals surface area (Å²) in [6.07, 6.45) is 5.14. The Balaban J connectivity index is 2.47. The van der Waals surface area contributed by atoms with E-state index >= 15 is 0 Å². The van der Waals surface area contributed by atoms with Gasteiger partial charge >= 0.3 is 5.82 Å². The third kappa shape index (κ3) is 3.52. The highest BCUT2D eigenvalue weighted by molar-refractivity contribution is 5.72. The fourth-order valence-electron chi connectivity index (χ4n) is 1.09. The molecule has 1 aromatic rings. The van der Waals surface area contributed by atoms with Gasteiger partial charge in [-0.3, -0.25) is 4.79 Å². The lowest BCUT2D eigenvalue weighted by molar-refractivity contribution is -0.389. The van der Waals surface area contributed by atoms with Crippen LogP contribution in [0, 0.1) is 10.1 Å². The predicted molar refractivity (Wildman–Crippen MR) is 57.6 cm³/mol. The van der Waals surface area contributed by atoms with Crippen LogP contribution in [0.1, 0.15) is 19.0 Å². The van der Waals surface area contributed by atoms with Gasteiger partial charge in [0, 0.05) is 13.5 Å². The van der Waals surface area contributed by atoms with Gasteiger partial charge in [-0.25, -0.2) is 9.97 Å². The van der Waals surface area contributed by atoms with Crippen LogP contribution in [0.25, 0.3) is 6.08 Å². The maximum Gasteiger partial charge on any atom is 0.347 e. The fraction of sp³-hybridized carbons (Fsp3) is 0.333. The van der Waals surface area contributed by atoms with E-state index in [1.807, 2.05) is 0 Å². The first-order valence-corrected chi connectivity index (χ1v) is 4.70. The number of H-pyrrole nitrogens is 1. The summed E-state index contributed by atoms with van der Waals surface area (Å²) in [6.45, 7) is 1.94. The lowest BCUT2D eigenvalue weighted by Crippen LogP contribution is -2.20. The molecule has 1 amide bonds. The fourth-order valence-corrected chi connectivity index (χ4v) is 1.09. The lowest BCUT2D eigenvalue weighted by Gasteiger charge is -1.96. The molecule has 7 heteroatoms. The van der Waals surface area contributed by atoms with Crippen LogP contribution in [-0.2, 0) is 4.79 Å². The molecule has 1 aromatic heterocycles. The number of hydrogen-bond donors (Lipinski definition) is 2. The third-order valence-corrected chi connectivity index (χ3v) is 1.79. The molecule has 86 valence electrons. The van der Waals surface area contributed by atoms with Crippen LogP contribution >= 0.6 is 0 Å². The topological polar surface area (TPSA) is 101 Å². The summed E-state index contributed by atoms with van der Waals surface area (Å²) < 4.78 is 0. The Morgan fingerprint density at radius 2 is 2.50 bits per heavy atom. The summed E-state index contributed by atoms with van der Waals surface area (Å²) in [5.41, 5.74) is 0.285. The summed E-state index contributed by atoms with van der Waals surface area (Å²) in [6, 6.07) is 0. The van der Waals surface area contributed by atoms with Crippen molar-refractivity contribution in [3.05, 3.63) is 28.2 Å². The zero-order valence-electron chi connectivity index (χ0n) is 8.77. The van der Waals surface area contributed by atoms with Crippen molar-refractivity contribution in [2.75, 3.05) is 6.54 Å². The summed E-state index contributed by atoms with van der Waals surface area (Å²) in [4.78, 5) is 26.7. The van der Waals surface area contributed by atoms with Crippen molar-refractivity contribution >= 4 is 17.8 Å². The van der Waals surface area contributed by atoms with Crippen molar-refractivity contribution in [3.63, 3.8) is 0 Å². The molecule has 0 aliphatic rings. The van der Waals surface area contributed by atoms with Gasteiger partial charge in [0.15, 0.2) is 12.0 Å². The number of hydrogen-bond acceptors (Lipinski definition) is 4. The minimum absolute atomic E-state index is 0.0980. The number of nitrogens with one attached hydrogen (secondary N) is 2. The smallest absolute Gasteiger partial charge is 0.347 e. The molecule has 0 atom stereocenters. The largest absolute Gasteiger partial charge is 0.358 e. The van der Waals surface area contributed by atoms with Gasteiger partial charge in [0.2, 0.25) is 5.91 Å². The van der Waals surface area contributed by atoms with Gasteiger partial charge in [-0.2, -0.15) is 0 Å². The number of imidazole rings is 1. The number of aromatic amines is 1. The first kappa shape index (κ1) is 11.9. The van der Waals surface area contributed by atoms with E-state index in [9.17, 15) is 14.9 Å². The second-order valence-electron chi connectivity index (χ2n) is 3.07. The first-order valence-electron chi connectivity index (χ1n) is 4.70. The molecule has 0 spiro atoms. The molecular weight excluding hydrogens is 212 g/mol. The van der Waals surface area contributed by atoms with Gasteiger partial charge in [0.05, 0.1) is 0 Å². The van der Waals surface area contributed by atoms with Crippen molar-refractivity contribution in [1.29, 1.82) is 0 Å². The van der Waals surface area contributed by atoms with Crippen LogP contribution in [0.4, 0.5) is 5.82 Å². The molecule has 16 heavy (non-hydrogen) atoms. The lowest BCUT2D eigenvalue weighted by atomic mass is 10.3. The highest BCUT2D eigenvalue weighted by atomic mass is 16.6. The van der Waals surface area contributed by atoms with Crippen LogP contribution in [0.15, 0.2) is 12.4 Å². The van der Waals surface area contributed by atoms with Crippen molar-refractivity contribution < 1.29 is 9.72 Å².